The van der Waals surface area contributed by atoms with E-state index in [1.165, 1.54) is 25.9 Å². The first-order valence-electron chi connectivity index (χ1n) is 6.60. The Morgan fingerprint density at radius 2 is 2.17 bits per heavy atom. The number of nitrogens with zero attached hydrogens (tertiary/aromatic N) is 3. The third-order valence-electron chi connectivity index (χ3n) is 4.43. The molecule has 1 N–H and O–H groups in total. The first-order valence-corrected chi connectivity index (χ1v) is 7.01. The number of aromatic amines is 1. The molecule has 0 aromatic carbocycles. The molecule has 5 rings (SSSR count). The molecule has 0 spiro atoms. The second-order valence-corrected chi connectivity index (χ2v) is 5.77. The van der Waals surface area contributed by atoms with Crippen molar-refractivity contribution in [2.75, 3.05) is 19.6 Å². The molecule has 2 aromatic heterocycles. The van der Waals surface area contributed by atoms with E-state index in [0.29, 0.717) is 6.04 Å². The maximum absolute atomic E-state index is 5.50. The van der Waals surface area contributed by atoms with Crippen molar-refractivity contribution >= 4 is 23.4 Å². The van der Waals surface area contributed by atoms with E-state index in [-0.39, 0.29) is 0 Å². The van der Waals surface area contributed by atoms with E-state index in [1.54, 1.807) is 0 Å². The Balaban J connectivity index is 1.87. The molecular weight excluding hydrogens is 244 g/mol. The second-order valence-electron chi connectivity index (χ2n) is 5.38. The molecule has 3 saturated heterocycles. The number of nitrogens with one attached hydrogen (secondary N) is 1. The maximum Gasteiger partial charge on any atom is 0.179 e. The Morgan fingerprint density at radius 3 is 2.89 bits per heavy atom. The molecule has 4 nitrogen and oxygen atoms in total. The van der Waals surface area contributed by atoms with Crippen LogP contribution in [0.1, 0.15) is 18.9 Å². The summed E-state index contributed by atoms with van der Waals surface area (Å²) in [5.74, 6) is 0.766. The van der Waals surface area contributed by atoms with Crippen molar-refractivity contribution in [3.05, 3.63) is 23.1 Å². The number of imidazole rings is 1. The number of fused-ring (bicyclic) bond motifs is 4. The summed E-state index contributed by atoms with van der Waals surface area (Å²) in [5, 5.41) is 0. The Labute approximate surface area is 111 Å². The van der Waals surface area contributed by atoms with Crippen molar-refractivity contribution in [3.8, 4) is 0 Å². The fraction of sp³-hybridized carbons (Fsp3) is 0.538. The Kier molecular flexibility index (Phi) is 2.32. The zero-order valence-electron chi connectivity index (χ0n) is 10.2. The normalized spacial score (nSPS) is 31.0. The van der Waals surface area contributed by atoms with Crippen LogP contribution in [0.25, 0.3) is 11.2 Å². The lowest BCUT2D eigenvalue weighted by Crippen LogP contribution is -2.48. The van der Waals surface area contributed by atoms with Crippen molar-refractivity contribution in [1.82, 2.24) is 19.4 Å². The summed E-state index contributed by atoms with van der Waals surface area (Å²) in [4.78, 5) is 10.3. The highest BCUT2D eigenvalue weighted by Crippen LogP contribution is 2.37. The fourth-order valence-electron chi connectivity index (χ4n) is 3.49. The zero-order chi connectivity index (χ0) is 12.1. The summed E-state index contributed by atoms with van der Waals surface area (Å²) in [6.45, 7) is 3.64. The Morgan fingerprint density at radius 1 is 1.33 bits per heavy atom. The molecular formula is C13H16N4S. The van der Waals surface area contributed by atoms with Crippen molar-refractivity contribution in [2.45, 2.75) is 18.9 Å². The number of piperidine rings is 3. The van der Waals surface area contributed by atoms with Gasteiger partial charge in [-0.25, -0.2) is 4.98 Å². The lowest BCUT2D eigenvalue weighted by atomic mass is 9.84. The van der Waals surface area contributed by atoms with E-state index in [2.05, 4.69) is 25.5 Å². The molecule has 2 aromatic rings. The van der Waals surface area contributed by atoms with Crippen LogP contribution in [0.2, 0.25) is 0 Å². The average Bonchev–Trinajstić information content (AvgIpc) is 2.75. The third-order valence-corrected chi connectivity index (χ3v) is 4.73. The van der Waals surface area contributed by atoms with Gasteiger partial charge >= 0.3 is 0 Å². The molecule has 3 aliphatic rings. The minimum Gasteiger partial charge on any atom is -0.329 e. The average molecular weight is 260 g/mol. The highest BCUT2D eigenvalue weighted by atomic mass is 32.1. The summed E-state index contributed by atoms with van der Waals surface area (Å²) >= 11 is 5.50. The van der Waals surface area contributed by atoms with Crippen molar-refractivity contribution in [1.29, 1.82) is 0 Å². The van der Waals surface area contributed by atoms with Crippen molar-refractivity contribution in [2.24, 2.45) is 5.92 Å². The summed E-state index contributed by atoms with van der Waals surface area (Å²) in [6, 6.07) is 4.51. The number of hydrogen-bond acceptors (Lipinski definition) is 3. The van der Waals surface area contributed by atoms with E-state index in [0.717, 1.165) is 28.4 Å². The van der Waals surface area contributed by atoms with E-state index in [9.17, 15) is 0 Å². The molecule has 3 fully saturated rings. The molecule has 0 aliphatic carbocycles. The van der Waals surface area contributed by atoms with Crippen LogP contribution in [0.4, 0.5) is 0 Å². The van der Waals surface area contributed by atoms with Gasteiger partial charge in [0.2, 0.25) is 0 Å². The second kappa shape index (κ2) is 3.90. The van der Waals surface area contributed by atoms with Crippen LogP contribution in [0.3, 0.4) is 0 Å². The van der Waals surface area contributed by atoms with Gasteiger partial charge in [0, 0.05) is 12.7 Å². The molecule has 1 unspecified atom stereocenters. The number of rotatable bonds is 1. The first-order chi connectivity index (χ1) is 8.83. The quantitative estimate of drug-likeness (QED) is 0.800. The Hall–Kier alpha value is -1.20. The summed E-state index contributed by atoms with van der Waals surface area (Å²) in [5.41, 5.74) is 2.07. The molecule has 2 bridgehead atoms. The zero-order valence-corrected chi connectivity index (χ0v) is 11.0. The summed E-state index contributed by atoms with van der Waals surface area (Å²) in [6.07, 6.45) is 4.45. The lowest BCUT2D eigenvalue weighted by Gasteiger charge is -2.45. The summed E-state index contributed by atoms with van der Waals surface area (Å²) in [7, 11) is 0. The molecule has 1 atom stereocenters. The number of aromatic nitrogens is 3. The SMILES string of the molecule is S=c1[nH]c2cccnc2n1C1CN2CCC1CC2. The van der Waals surface area contributed by atoms with Gasteiger partial charge in [0.15, 0.2) is 10.4 Å². The minimum atomic E-state index is 0.503. The van der Waals surface area contributed by atoms with Crippen molar-refractivity contribution < 1.29 is 0 Å². The van der Waals surface area contributed by atoms with Gasteiger partial charge < -0.3 is 9.88 Å². The topological polar surface area (TPSA) is 36.9 Å². The van der Waals surface area contributed by atoms with Crippen molar-refractivity contribution in [3.63, 3.8) is 0 Å². The van der Waals surface area contributed by atoms with E-state index < -0.39 is 0 Å². The summed E-state index contributed by atoms with van der Waals surface area (Å²) < 4.78 is 3.07. The molecule has 94 valence electrons. The molecule has 5 heteroatoms. The van der Waals surface area contributed by atoms with Crippen LogP contribution >= 0.6 is 12.2 Å². The smallest absolute Gasteiger partial charge is 0.179 e. The van der Waals surface area contributed by atoms with Gasteiger partial charge in [-0.2, -0.15) is 0 Å². The third kappa shape index (κ3) is 1.47. The molecule has 0 saturated carbocycles. The highest BCUT2D eigenvalue weighted by Gasteiger charge is 2.36. The van der Waals surface area contributed by atoms with Crippen LogP contribution in [0, 0.1) is 10.7 Å². The van der Waals surface area contributed by atoms with Crippen LogP contribution < -0.4 is 0 Å². The largest absolute Gasteiger partial charge is 0.329 e. The van der Waals surface area contributed by atoms with E-state index in [1.807, 2.05) is 12.3 Å². The predicted molar refractivity (Wildman–Crippen MR) is 73.1 cm³/mol. The van der Waals surface area contributed by atoms with Gasteiger partial charge in [0.05, 0.1) is 11.6 Å². The first kappa shape index (κ1) is 10.7. The predicted octanol–water partition coefficient (Wildman–Crippen LogP) is 2.36. The van der Waals surface area contributed by atoms with Crippen LogP contribution in [0.5, 0.6) is 0 Å². The maximum atomic E-state index is 5.50. The Bertz CT molecular complexity index is 636. The number of pyridine rings is 1. The number of hydrogen-bond donors (Lipinski definition) is 1. The molecule has 5 heterocycles. The van der Waals surface area contributed by atoms with Gasteiger partial charge in [-0.3, -0.25) is 4.57 Å². The molecule has 3 aliphatic heterocycles. The standard InChI is InChI=1S/C13H16N4S/c18-13-15-10-2-1-5-14-12(10)17(13)11-8-16-6-3-9(11)4-7-16/h1-2,5,9,11H,3-4,6-8H2,(H,15,18). The lowest BCUT2D eigenvalue weighted by molar-refractivity contribution is 0.0580. The van der Waals surface area contributed by atoms with Gasteiger partial charge in [0.1, 0.15) is 0 Å². The molecule has 18 heavy (non-hydrogen) atoms. The van der Waals surface area contributed by atoms with Crippen LogP contribution in [-0.4, -0.2) is 39.1 Å². The monoisotopic (exact) mass is 260 g/mol. The minimum absolute atomic E-state index is 0.503. The van der Waals surface area contributed by atoms with E-state index in [4.69, 9.17) is 12.2 Å². The fourth-order valence-corrected chi connectivity index (χ4v) is 3.82. The van der Waals surface area contributed by atoms with Crippen LogP contribution in [0.15, 0.2) is 18.3 Å². The van der Waals surface area contributed by atoms with Crippen LogP contribution in [-0.2, 0) is 0 Å². The van der Waals surface area contributed by atoms with E-state index >= 15 is 0 Å². The van der Waals surface area contributed by atoms with Gasteiger partial charge in [-0.15, -0.1) is 0 Å². The van der Waals surface area contributed by atoms with Gasteiger partial charge in [-0.1, -0.05) is 0 Å². The highest BCUT2D eigenvalue weighted by molar-refractivity contribution is 7.71. The number of H-pyrrole nitrogens is 1. The molecule has 0 radical (unpaired) electrons. The molecule has 0 amide bonds. The van der Waals surface area contributed by atoms with Gasteiger partial charge in [0.25, 0.3) is 0 Å². The van der Waals surface area contributed by atoms with Gasteiger partial charge in [-0.05, 0) is 56.2 Å².